The Morgan fingerprint density at radius 3 is 2.90 bits per heavy atom. The summed E-state index contributed by atoms with van der Waals surface area (Å²) >= 11 is 0. The molecule has 0 atom stereocenters. The van der Waals surface area contributed by atoms with Gasteiger partial charge in [-0.3, -0.25) is 9.36 Å². The molecule has 10 heteroatoms. The molecule has 0 saturated carbocycles. The Morgan fingerprint density at radius 2 is 2.25 bits per heavy atom. The van der Waals surface area contributed by atoms with Crippen molar-refractivity contribution in [3.05, 3.63) is 24.5 Å². The monoisotopic (exact) mass is 299 g/mol. The smallest absolute Gasteiger partial charge is 0.243 e. The molecular weight excluding hydrogens is 282 g/mol. The Hall–Kier alpha value is -1.78. The van der Waals surface area contributed by atoms with Gasteiger partial charge in [0.15, 0.2) is 5.82 Å². The lowest BCUT2D eigenvalue weighted by atomic mass is 10.4. The summed E-state index contributed by atoms with van der Waals surface area (Å²) in [7, 11) is -1.80. The zero-order chi connectivity index (χ0) is 14.6. The maximum atomic E-state index is 12.0. The van der Waals surface area contributed by atoms with Gasteiger partial charge in [-0.1, -0.05) is 0 Å². The van der Waals surface area contributed by atoms with Crippen LogP contribution in [0.25, 0.3) is 0 Å². The highest BCUT2D eigenvalue weighted by atomic mass is 32.2. The molecule has 20 heavy (non-hydrogen) atoms. The lowest BCUT2D eigenvalue weighted by Gasteiger charge is -2.02. The van der Waals surface area contributed by atoms with E-state index in [4.69, 9.17) is 5.73 Å². The van der Waals surface area contributed by atoms with Gasteiger partial charge in [-0.05, 0) is 0 Å². The number of nitrogens with one attached hydrogen (secondary N) is 1. The molecule has 9 nitrogen and oxygen atoms in total. The third-order valence-corrected chi connectivity index (χ3v) is 3.98. The van der Waals surface area contributed by atoms with Crippen molar-refractivity contribution in [2.24, 2.45) is 12.8 Å². The normalized spacial score (nSPS) is 11.9. The molecule has 0 aliphatic rings. The number of aryl methyl sites for hydroxylation is 1. The van der Waals surface area contributed by atoms with Crippen LogP contribution in [0.4, 0.5) is 0 Å². The predicted octanol–water partition coefficient (Wildman–Crippen LogP) is -1.51. The molecule has 2 aromatic rings. The van der Waals surface area contributed by atoms with Gasteiger partial charge in [-0.2, -0.15) is 10.2 Å². The van der Waals surface area contributed by atoms with Gasteiger partial charge >= 0.3 is 0 Å². The lowest BCUT2D eigenvalue weighted by Crippen LogP contribution is -2.26. The van der Waals surface area contributed by atoms with Crippen LogP contribution in [0.2, 0.25) is 0 Å². The van der Waals surface area contributed by atoms with Gasteiger partial charge in [0, 0.05) is 32.8 Å². The summed E-state index contributed by atoms with van der Waals surface area (Å²) in [5.74, 6) is 0.592. The van der Waals surface area contributed by atoms with Crippen LogP contribution in [0.15, 0.2) is 23.6 Å². The number of hydrogen-bond donors (Lipinski definition) is 2. The largest absolute Gasteiger partial charge is 0.329 e. The van der Waals surface area contributed by atoms with Crippen LogP contribution in [0, 0.1) is 0 Å². The fourth-order valence-corrected chi connectivity index (χ4v) is 2.60. The molecule has 0 spiro atoms. The molecule has 0 aromatic carbocycles. The predicted molar refractivity (Wildman–Crippen MR) is 71.2 cm³/mol. The second-order valence-electron chi connectivity index (χ2n) is 4.21. The first kappa shape index (κ1) is 14.6. The van der Waals surface area contributed by atoms with Crippen LogP contribution in [0.3, 0.4) is 0 Å². The minimum absolute atomic E-state index is 0.125. The molecule has 0 radical (unpaired) electrons. The number of rotatable bonds is 7. The van der Waals surface area contributed by atoms with Crippen molar-refractivity contribution in [2.45, 2.75) is 17.9 Å². The minimum Gasteiger partial charge on any atom is -0.329 e. The number of hydrogen-bond acceptors (Lipinski definition) is 6. The van der Waals surface area contributed by atoms with E-state index in [1.54, 1.807) is 18.1 Å². The second kappa shape index (κ2) is 6.11. The summed E-state index contributed by atoms with van der Waals surface area (Å²) < 4.78 is 29.6. The van der Waals surface area contributed by atoms with Crippen LogP contribution in [0.1, 0.15) is 5.82 Å². The topological polar surface area (TPSA) is 121 Å². The van der Waals surface area contributed by atoms with Gasteiger partial charge in [0.25, 0.3) is 0 Å². The highest BCUT2D eigenvalue weighted by Gasteiger charge is 2.16. The van der Waals surface area contributed by atoms with E-state index in [-0.39, 0.29) is 11.4 Å². The van der Waals surface area contributed by atoms with E-state index in [9.17, 15) is 8.42 Å². The maximum absolute atomic E-state index is 12.0. The molecule has 3 N–H and O–H groups in total. The number of nitrogens with zero attached hydrogens (tertiary/aromatic N) is 5. The Balaban J connectivity index is 1.92. The Kier molecular flexibility index (Phi) is 4.47. The highest BCUT2D eigenvalue weighted by Crippen LogP contribution is 2.06. The van der Waals surface area contributed by atoms with Crippen molar-refractivity contribution in [1.29, 1.82) is 0 Å². The molecule has 0 saturated heterocycles. The van der Waals surface area contributed by atoms with Gasteiger partial charge in [0.05, 0.1) is 12.7 Å². The lowest BCUT2D eigenvalue weighted by molar-refractivity contribution is 0.579. The second-order valence-corrected chi connectivity index (χ2v) is 5.98. The van der Waals surface area contributed by atoms with E-state index in [2.05, 4.69) is 19.9 Å². The molecule has 2 rings (SSSR count). The van der Waals surface area contributed by atoms with Crippen LogP contribution in [-0.2, 0) is 30.0 Å². The number of sulfonamides is 1. The fourth-order valence-electron chi connectivity index (χ4n) is 1.62. The summed E-state index contributed by atoms with van der Waals surface area (Å²) in [6, 6.07) is 0. The molecule has 2 aromatic heterocycles. The van der Waals surface area contributed by atoms with Crippen molar-refractivity contribution >= 4 is 10.0 Å². The average Bonchev–Trinajstić information content (AvgIpc) is 2.99. The maximum Gasteiger partial charge on any atom is 0.243 e. The standard InChI is InChI=1S/C10H17N7O2S/c1-16-8-12-10(15-16)2-4-14-20(18,19)9-6-13-17(7-9)5-3-11/h6-8,14H,2-5,11H2,1H3. The van der Waals surface area contributed by atoms with Crippen molar-refractivity contribution in [3.63, 3.8) is 0 Å². The molecule has 110 valence electrons. The summed E-state index contributed by atoms with van der Waals surface area (Å²) in [4.78, 5) is 4.15. The van der Waals surface area contributed by atoms with E-state index in [1.165, 1.54) is 17.1 Å². The van der Waals surface area contributed by atoms with E-state index in [1.807, 2.05) is 0 Å². The van der Waals surface area contributed by atoms with Crippen molar-refractivity contribution in [1.82, 2.24) is 29.3 Å². The summed E-state index contributed by atoms with van der Waals surface area (Å²) in [6.07, 6.45) is 4.75. The fraction of sp³-hybridized carbons (Fsp3) is 0.500. The SMILES string of the molecule is Cn1cnc(CCNS(=O)(=O)c2cnn(CCN)c2)n1. The van der Waals surface area contributed by atoms with Gasteiger partial charge in [0.1, 0.15) is 11.2 Å². The van der Waals surface area contributed by atoms with Crippen molar-refractivity contribution < 1.29 is 8.42 Å². The van der Waals surface area contributed by atoms with E-state index in [0.29, 0.717) is 25.3 Å². The summed E-state index contributed by atoms with van der Waals surface area (Å²) in [6.45, 7) is 1.11. The Bertz CT molecular complexity index is 661. The van der Waals surface area contributed by atoms with Crippen LogP contribution in [0.5, 0.6) is 0 Å². The number of nitrogens with two attached hydrogens (primary N) is 1. The molecule has 0 aliphatic heterocycles. The first-order valence-corrected chi connectivity index (χ1v) is 7.56. The van der Waals surface area contributed by atoms with E-state index < -0.39 is 10.0 Å². The first-order valence-electron chi connectivity index (χ1n) is 6.08. The number of aromatic nitrogens is 5. The molecule has 0 amide bonds. The van der Waals surface area contributed by atoms with Crippen molar-refractivity contribution in [2.75, 3.05) is 13.1 Å². The summed E-state index contributed by atoms with van der Waals surface area (Å²) in [5, 5.41) is 8.00. The summed E-state index contributed by atoms with van der Waals surface area (Å²) in [5.41, 5.74) is 5.38. The molecule has 0 aliphatic carbocycles. The first-order chi connectivity index (χ1) is 9.51. The third-order valence-electron chi connectivity index (χ3n) is 2.57. The zero-order valence-electron chi connectivity index (χ0n) is 11.1. The average molecular weight is 299 g/mol. The van der Waals surface area contributed by atoms with Crippen LogP contribution in [-0.4, -0.2) is 46.1 Å². The quantitative estimate of drug-likeness (QED) is 0.641. The van der Waals surface area contributed by atoms with Crippen molar-refractivity contribution in [3.8, 4) is 0 Å². The van der Waals surface area contributed by atoms with E-state index in [0.717, 1.165) is 0 Å². The van der Waals surface area contributed by atoms with Gasteiger partial charge in [-0.25, -0.2) is 18.1 Å². The Labute approximate surface area is 116 Å². The molecule has 0 fully saturated rings. The zero-order valence-corrected chi connectivity index (χ0v) is 11.9. The van der Waals surface area contributed by atoms with Crippen LogP contribution >= 0.6 is 0 Å². The van der Waals surface area contributed by atoms with Crippen LogP contribution < -0.4 is 10.5 Å². The molecule has 0 unspecified atom stereocenters. The molecule has 2 heterocycles. The van der Waals surface area contributed by atoms with E-state index >= 15 is 0 Å². The highest BCUT2D eigenvalue weighted by molar-refractivity contribution is 7.89. The molecule has 0 bridgehead atoms. The molecular formula is C10H17N7O2S. The van der Waals surface area contributed by atoms with Gasteiger partial charge in [-0.15, -0.1) is 0 Å². The third kappa shape index (κ3) is 3.62. The minimum atomic E-state index is -3.56. The van der Waals surface area contributed by atoms with Gasteiger partial charge in [0.2, 0.25) is 10.0 Å². The Morgan fingerprint density at radius 1 is 1.45 bits per heavy atom. The van der Waals surface area contributed by atoms with Gasteiger partial charge < -0.3 is 5.73 Å².